The number of hydrogen-bond donors (Lipinski definition) is 3. The molecule has 0 bridgehead atoms. The second kappa shape index (κ2) is 9.09. The topological polar surface area (TPSA) is 108 Å². The van der Waals surface area contributed by atoms with E-state index in [9.17, 15) is 28.0 Å². The number of rotatable bonds is 6. The molecule has 12 heteroatoms. The van der Waals surface area contributed by atoms with Crippen LogP contribution in [0.15, 0.2) is 36.4 Å². The first-order valence-electron chi connectivity index (χ1n) is 9.12. The van der Waals surface area contributed by atoms with Gasteiger partial charge in [-0.2, -0.15) is 0 Å². The molecule has 0 spiro atoms. The zero-order valence-corrected chi connectivity index (χ0v) is 18.0. The van der Waals surface area contributed by atoms with Crippen molar-refractivity contribution in [3.63, 3.8) is 0 Å². The first-order valence-corrected chi connectivity index (χ1v) is 9.88. The summed E-state index contributed by atoms with van der Waals surface area (Å²) in [5.74, 6) is -4.45. The van der Waals surface area contributed by atoms with Crippen molar-refractivity contribution in [2.24, 2.45) is 0 Å². The van der Waals surface area contributed by atoms with Gasteiger partial charge in [0.1, 0.15) is 12.1 Å². The molecule has 1 aliphatic rings. The van der Waals surface area contributed by atoms with Crippen LogP contribution in [0.3, 0.4) is 0 Å². The van der Waals surface area contributed by atoms with Crippen molar-refractivity contribution >= 4 is 52.6 Å². The Labute approximate surface area is 190 Å². The molecule has 8 nitrogen and oxygen atoms in total. The summed E-state index contributed by atoms with van der Waals surface area (Å²) >= 11 is 12.0. The average molecular weight is 485 g/mol. The molecule has 0 radical (unpaired) electrons. The van der Waals surface area contributed by atoms with E-state index in [0.717, 1.165) is 18.2 Å². The van der Waals surface area contributed by atoms with Crippen molar-refractivity contribution in [3.8, 4) is 0 Å². The molecule has 1 aliphatic heterocycles. The lowest BCUT2D eigenvalue weighted by atomic mass is 9.92. The van der Waals surface area contributed by atoms with E-state index in [2.05, 4.69) is 16.0 Å². The van der Waals surface area contributed by atoms with Crippen molar-refractivity contribution in [1.29, 1.82) is 0 Å². The Morgan fingerprint density at radius 2 is 1.78 bits per heavy atom. The van der Waals surface area contributed by atoms with Crippen LogP contribution < -0.4 is 16.0 Å². The molecule has 1 unspecified atom stereocenters. The maximum Gasteiger partial charge on any atom is 0.325 e. The van der Waals surface area contributed by atoms with Gasteiger partial charge in [0.05, 0.1) is 6.54 Å². The molecule has 168 valence electrons. The molecule has 2 aromatic rings. The van der Waals surface area contributed by atoms with Crippen molar-refractivity contribution in [2.75, 3.05) is 18.4 Å². The lowest BCUT2D eigenvalue weighted by Crippen LogP contribution is -2.44. The molecule has 1 heterocycles. The van der Waals surface area contributed by atoms with Gasteiger partial charge >= 0.3 is 6.03 Å². The number of nitrogens with one attached hydrogen (secondary N) is 3. The van der Waals surface area contributed by atoms with Gasteiger partial charge in [-0.1, -0.05) is 29.3 Å². The summed E-state index contributed by atoms with van der Waals surface area (Å²) in [5, 5.41) is 7.53. The van der Waals surface area contributed by atoms with Gasteiger partial charge in [-0.25, -0.2) is 13.6 Å². The van der Waals surface area contributed by atoms with Gasteiger partial charge in [0.2, 0.25) is 11.8 Å². The molecule has 1 fully saturated rings. The monoisotopic (exact) mass is 484 g/mol. The maximum atomic E-state index is 13.2. The Morgan fingerprint density at radius 3 is 2.44 bits per heavy atom. The standard InChI is InChI=1S/C20H16Cl2F2N4O4/c1-20(12-4-2-10(21)6-13(12)22)18(31)28(19(32)27-20)9-17(30)25-8-16(29)26-11-3-5-14(23)15(24)7-11/h2-7H,8-9H2,1H3,(H,25,30)(H,26,29)(H,27,32). The number of hydrogen-bond acceptors (Lipinski definition) is 4. The first kappa shape index (κ1) is 23.4. The van der Waals surface area contributed by atoms with Crippen LogP contribution >= 0.6 is 23.2 Å². The molecule has 2 aromatic carbocycles. The lowest BCUT2D eigenvalue weighted by molar-refractivity contribution is -0.135. The van der Waals surface area contributed by atoms with Crippen LogP contribution in [0.1, 0.15) is 12.5 Å². The van der Waals surface area contributed by atoms with Crippen LogP contribution in [-0.2, 0) is 19.9 Å². The number of anilines is 1. The summed E-state index contributed by atoms with van der Waals surface area (Å²) < 4.78 is 26.1. The van der Waals surface area contributed by atoms with Crippen LogP contribution in [-0.4, -0.2) is 41.7 Å². The van der Waals surface area contributed by atoms with Crippen LogP contribution in [0, 0.1) is 11.6 Å². The summed E-state index contributed by atoms with van der Waals surface area (Å²) in [6.07, 6.45) is 0. The zero-order chi connectivity index (χ0) is 23.6. The number of benzene rings is 2. The van der Waals surface area contributed by atoms with Gasteiger partial charge in [0.25, 0.3) is 5.91 Å². The Bertz CT molecular complexity index is 1130. The molecule has 3 N–H and O–H groups in total. The number of imide groups is 1. The Hall–Kier alpha value is -3.24. The molecule has 0 saturated carbocycles. The predicted molar refractivity (Wildman–Crippen MR) is 112 cm³/mol. The normalized spacial score (nSPS) is 17.8. The van der Waals surface area contributed by atoms with E-state index in [-0.39, 0.29) is 10.7 Å². The van der Waals surface area contributed by atoms with E-state index in [0.29, 0.717) is 15.5 Å². The average Bonchev–Trinajstić information content (AvgIpc) is 2.93. The molecule has 0 aromatic heterocycles. The highest BCUT2D eigenvalue weighted by molar-refractivity contribution is 6.35. The minimum absolute atomic E-state index is 0.00661. The minimum atomic E-state index is -1.51. The molecular formula is C20H16Cl2F2N4O4. The van der Waals surface area contributed by atoms with E-state index in [1.54, 1.807) is 0 Å². The summed E-state index contributed by atoms with van der Waals surface area (Å²) in [7, 11) is 0. The second-order valence-electron chi connectivity index (χ2n) is 7.02. The summed E-state index contributed by atoms with van der Waals surface area (Å²) in [4.78, 5) is 50.0. The fraction of sp³-hybridized carbons (Fsp3) is 0.200. The van der Waals surface area contributed by atoms with E-state index in [4.69, 9.17) is 23.2 Å². The van der Waals surface area contributed by atoms with Crippen LogP contribution in [0.4, 0.5) is 19.3 Å². The van der Waals surface area contributed by atoms with E-state index < -0.39 is 54.0 Å². The highest BCUT2D eigenvalue weighted by atomic mass is 35.5. The quantitative estimate of drug-likeness (QED) is 0.547. The highest BCUT2D eigenvalue weighted by Crippen LogP contribution is 2.34. The third-order valence-electron chi connectivity index (χ3n) is 4.70. The number of carbonyl (C=O) groups excluding carboxylic acids is 4. The number of amides is 5. The van der Waals surface area contributed by atoms with Gasteiger partial charge < -0.3 is 16.0 Å². The fourth-order valence-corrected chi connectivity index (χ4v) is 3.67. The molecule has 32 heavy (non-hydrogen) atoms. The van der Waals surface area contributed by atoms with Crippen LogP contribution in [0.2, 0.25) is 10.0 Å². The Morgan fingerprint density at radius 1 is 1.06 bits per heavy atom. The summed E-state index contributed by atoms with van der Waals surface area (Å²) in [6, 6.07) is 6.38. The maximum absolute atomic E-state index is 13.2. The van der Waals surface area contributed by atoms with Crippen LogP contribution in [0.5, 0.6) is 0 Å². The molecular weight excluding hydrogens is 469 g/mol. The molecule has 0 aliphatic carbocycles. The summed E-state index contributed by atoms with van der Waals surface area (Å²) in [6.45, 7) is 0.265. The van der Waals surface area contributed by atoms with E-state index in [1.165, 1.54) is 25.1 Å². The fourth-order valence-electron chi connectivity index (χ4n) is 3.08. The SMILES string of the molecule is CC1(c2ccc(Cl)cc2Cl)NC(=O)N(CC(=O)NCC(=O)Nc2ccc(F)c(F)c2)C1=O. The van der Waals surface area contributed by atoms with Crippen LogP contribution in [0.25, 0.3) is 0 Å². The number of nitrogens with zero attached hydrogens (tertiary/aromatic N) is 1. The number of urea groups is 1. The van der Waals surface area contributed by atoms with Gasteiger partial charge in [-0.05, 0) is 31.2 Å². The van der Waals surface area contributed by atoms with Crippen molar-refractivity contribution < 1.29 is 28.0 Å². The van der Waals surface area contributed by atoms with Crippen molar-refractivity contribution in [2.45, 2.75) is 12.5 Å². The number of carbonyl (C=O) groups is 4. The highest BCUT2D eigenvalue weighted by Gasteiger charge is 2.50. The lowest BCUT2D eigenvalue weighted by Gasteiger charge is -2.23. The first-order chi connectivity index (χ1) is 15.0. The van der Waals surface area contributed by atoms with Gasteiger partial charge in [-0.3, -0.25) is 19.3 Å². The van der Waals surface area contributed by atoms with E-state index in [1.807, 2.05) is 0 Å². The van der Waals surface area contributed by atoms with Crippen molar-refractivity contribution in [3.05, 3.63) is 63.6 Å². The Balaban J connectivity index is 1.60. The second-order valence-corrected chi connectivity index (χ2v) is 7.87. The zero-order valence-electron chi connectivity index (χ0n) is 16.5. The predicted octanol–water partition coefficient (Wildman–Crippen LogP) is 2.79. The molecule has 1 saturated heterocycles. The van der Waals surface area contributed by atoms with Crippen molar-refractivity contribution in [1.82, 2.24) is 15.5 Å². The largest absolute Gasteiger partial charge is 0.345 e. The Kier molecular flexibility index (Phi) is 6.65. The number of halogens is 4. The van der Waals surface area contributed by atoms with Gasteiger partial charge in [0, 0.05) is 27.4 Å². The molecule has 1 atom stereocenters. The van der Waals surface area contributed by atoms with Gasteiger partial charge in [-0.15, -0.1) is 0 Å². The smallest absolute Gasteiger partial charge is 0.325 e. The molecule has 5 amide bonds. The molecule has 3 rings (SSSR count). The van der Waals surface area contributed by atoms with E-state index >= 15 is 0 Å². The summed E-state index contributed by atoms with van der Waals surface area (Å²) in [5.41, 5.74) is -1.22. The van der Waals surface area contributed by atoms with Gasteiger partial charge in [0.15, 0.2) is 11.6 Å². The third kappa shape index (κ3) is 4.81. The minimum Gasteiger partial charge on any atom is -0.345 e. The third-order valence-corrected chi connectivity index (χ3v) is 5.24.